The lowest BCUT2D eigenvalue weighted by atomic mass is 10.1. The topological polar surface area (TPSA) is 56.5 Å². The molecular weight excluding hydrogens is 359 g/mol. The van der Waals surface area contributed by atoms with Gasteiger partial charge in [-0.2, -0.15) is 5.26 Å². The van der Waals surface area contributed by atoms with Crippen molar-refractivity contribution in [2.75, 3.05) is 26.7 Å². The molecule has 1 N–H and O–H groups in total. The molecule has 0 spiro atoms. The monoisotopic (exact) mass is 380 g/mol. The summed E-state index contributed by atoms with van der Waals surface area (Å²) in [4.78, 5) is 2.04. The number of nitrogens with zero attached hydrogens (tertiary/aromatic N) is 2. The van der Waals surface area contributed by atoms with Crippen LogP contribution in [0.3, 0.4) is 0 Å². The molecule has 0 unspecified atom stereocenters. The number of likely N-dealkylation sites (N-methyl/N-ethyl adjacent to an activating group) is 1. The van der Waals surface area contributed by atoms with Gasteiger partial charge in [0.1, 0.15) is 17.9 Å². The SMILES string of the molecule is CN(CCO)CC[C@@H](Oc1cc(Cl)ccc1C#N)c1ccccc1.Cl. The summed E-state index contributed by atoms with van der Waals surface area (Å²) in [6, 6.07) is 17.1. The number of aliphatic hydroxyl groups excluding tert-OH is 1. The van der Waals surface area contributed by atoms with Crippen molar-refractivity contribution in [3.8, 4) is 11.8 Å². The molecule has 134 valence electrons. The van der Waals surface area contributed by atoms with Crippen LogP contribution in [0.4, 0.5) is 0 Å². The number of rotatable bonds is 8. The fourth-order valence-electron chi connectivity index (χ4n) is 2.42. The lowest BCUT2D eigenvalue weighted by Gasteiger charge is -2.23. The minimum absolute atomic E-state index is 0. The van der Waals surface area contributed by atoms with E-state index in [0.29, 0.717) is 22.9 Å². The van der Waals surface area contributed by atoms with E-state index in [9.17, 15) is 5.26 Å². The summed E-state index contributed by atoms with van der Waals surface area (Å²) in [6.07, 6.45) is 0.538. The number of hydrogen-bond donors (Lipinski definition) is 1. The van der Waals surface area contributed by atoms with Crippen LogP contribution in [-0.4, -0.2) is 36.8 Å². The van der Waals surface area contributed by atoms with E-state index in [4.69, 9.17) is 21.4 Å². The van der Waals surface area contributed by atoms with Crippen LogP contribution in [0.2, 0.25) is 5.02 Å². The van der Waals surface area contributed by atoms with E-state index in [-0.39, 0.29) is 25.1 Å². The number of benzene rings is 2. The van der Waals surface area contributed by atoms with Gasteiger partial charge in [0.25, 0.3) is 0 Å². The first-order chi connectivity index (χ1) is 11.6. The van der Waals surface area contributed by atoms with E-state index in [1.807, 2.05) is 42.3 Å². The second-order valence-corrected chi connectivity index (χ2v) is 6.02. The van der Waals surface area contributed by atoms with Gasteiger partial charge in [-0.15, -0.1) is 12.4 Å². The molecule has 0 bridgehead atoms. The molecule has 0 aliphatic carbocycles. The van der Waals surface area contributed by atoms with Crippen molar-refractivity contribution >= 4 is 24.0 Å². The summed E-state index contributed by atoms with van der Waals surface area (Å²) in [6.45, 7) is 1.50. The Morgan fingerprint density at radius 3 is 2.56 bits per heavy atom. The summed E-state index contributed by atoms with van der Waals surface area (Å²) in [5.74, 6) is 0.490. The highest BCUT2D eigenvalue weighted by Crippen LogP contribution is 2.29. The highest BCUT2D eigenvalue weighted by Gasteiger charge is 2.16. The van der Waals surface area contributed by atoms with E-state index < -0.39 is 0 Å². The predicted octanol–water partition coefficient (Wildman–Crippen LogP) is 4.07. The van der Waals surface area contributed by atoms with Crippen LogP contribution in [0.1, 0.15) is 23.7 Å². The Labute approximate surface area is 160 Å². The first-order valence-corrected chi connectivity index (χ1v) is 8.22. The van der Waals surface area contributed by atoms with Gasteiger partial charge in [-0.1, -0.05) is 41.9 Å². The van der Waals surface area contributed by atoms with Crippen LogP contribution in [0.5, 0.6) is 5.75 Å². The lowest BCUT2D eigenvalue weighted by molar-refractivity contribution is 0.160. The second-order valence-electron chi connectivity index (χ2n) is 5.59. The Hall–Kier alpha value is -1.77. The van der Waals surface area contributed by atoms with Gasteiger partial charge in [0.05, 0.1) is 12.2 Å². The van der Waals surface area contributed by atoms with Gasteiger partial charge in [-0.25, -0.2) is 0 Å². The van der Waals surface area contributed by atoms with E-state index >= 15 is 0 Å². The fourth-order valence-corrected chi connectivity index (χ4v) is 2.58. The summed E-state index contributed by atoms with van der Waals surface area (Å²) in [5, 5.41) is 18.8. The molecule has 4 nitrogen and oxygen atoms in total. The molecule has 2 aromatic carbocycles. The second kappa shape index (κ2) is 11.0. The molecule has 0 aliphatic rings. The van der Waals surface area contributed by atoms with Crippen molar-refractivity contribution in [1.82, 2.24) is 4.90 Å². The van der Waals surface area contributed by atoms with E-state index in [2.05, 4.69) is 6.07 Å². The lowest BCUT2D eigenvalue weighted by Crippen LogP contribution is -2.25. The van der Waals surface area contributed by atoms with Crippen LogP contribution in [0.25, 0.3) is 0 Å². The largest absolute Gasteiger partial charge is 0.484 e. The zero-order chi connectivity index (χ0) is 17.4. The first-order valence-electron chi connectivity index (χ1n) is 7.84. The molecule has 0 fully saturated rings. The van der Waals surface area contributed by atoms with E-state index in [1.165, 1.54) is 0 Å². The van der Waals surface area contributed by atoms with Crippen LogP contribution >= 0.6 is 24.0 Å². The highest BCUT2D eigenvalue weighted by atomic mass is 35.5. The number of ether oxygens (including phenoxy) is 1. The zero-order valence-electron chi connectivity index (χ0n) is 14.1. The predicted molar refractivity (Wildman–Crippen MR) is 102 cm³/mol. The van der Waals surface area contributed by atoms with Gasteiger partial charge in [-0.3, -0.25) is 0 Å². The van der Waals surface area contributed by atoms with Crippen LogP contribution < -0.4 is 4.74 Å². The van der Waals surface area contributed by atoms with E-state index in [0.717, 1.165) is 18.5 Å². The van der Waals surface area contributed by atoms with Crippen molar-refractivity contribution in [2.45, 2.75) is 12.5 Å². The molecule has 2 aromatic rings. The molecule has 25 heavy (non-hydrogen) atoms. The average molecular weight is 381 g/mol. The maximum atomic E-state index is 9.27. The summed E-state index contributed by atoms with van der Waals surface area (Å²) in [5.41, 5.74) is 1.50. The standard InChI is InChI=1S/C19H21ClN2O2.ClH/c1-22(11-12-23)10-9-18(15-5-3-2-4-6-15)24-19-13-17(20)8-7-16(19)14-21;/h2-8,13,18,23H,9-12H2,1H3;1H/t18-;/m1./s1. The van der Waals surface area contributed by atoms with Crippen molar-refractivity contribution in [1.29, 1.82) is 5.26 Å². The molecule has 2 rings (SSSR count). The third kappa shape index (κ3) is 6.56. The Morgan fingerprint density at radius 2 is 1.92 bits per heavy atom. The normalized spacial score (nSPS) is 11.5. The first kappa shape index (κ1) is 21.3. The third-order valence-electron chi connectivity index (χ3n) is 3.76. The molecule has 0 heterocycles. The van der Waals surface area contributed by atoms with Gasteiger partial charge in [-0.05, 0) is 24.7 Å². The van der Waals surface area contributed by atoms with Gasteiger partial charge in [0.15, 0.2) is 0 Å². The smallest absolute Gasteiger partial charge is 0.139 e. The summed E-state index contributed by atoms with van der Waals surface area (Å²) >= 11 is 6.05. The molecule has 0 amide bonds. The Bertz CT molecular complexity index is 690. The molecule has 0 saturated carbocycles. The van der Waals surface area contributed by atoms with Crippen LogP contribution in [0.15, 0.2) is 48.5 Å². The van der Waals surface area contributed by atoms with Gasteiger partial charge in [0, 0.05) is 30.6 Å². The summed E-state index contributed by atoms with van der Waals surface area (Å²) in [7, 11) is 1.96. The maximum Gasteiger partial charge on any atom is 0.139 e. The number of aliphatic hydroxyl groups is 1. The maximum absolute atomic E-state index is 9.27. The van der Waals surface area contributed by atoms with Gasteiger partial charge < -0.3 is 14.7 Å². The minimum atomic E-state index is -0.196. The molecule has 0 radical (unpaired) electrons. The van der Waals surface area contributed by atoms with Gasteiger partial charge >= 0.3 is 0 Å². The highest BCUT2D eigenvalue weighted by molar-refractivity contribution is 6.30. The van der Waals surface area contributed by atoms with Crippen LogP contribution in [0, 0.1) is 11.3 Å². The Morgan fingerprint density at radius 1 is 1.20 bits per heavy atom. The molecule has 0 saturated heterocycles. The van der Waals surface area contributed by atoms with Crippen molar-refractivity contribution in [2.24, 2.45) is 0 Å². The molecule has 6 heteroatoms. The molecule has 0 aromatic heterocycles. The molecule has 1 atom stereocenters. The molecular formula is C19H22Cl2N2O2. The van der Waals surface area contributed by atoms with Crippen molar-refractivity contribution in [3.63, 3.8) is 0 Å². The minimum Gasteiger partial charge on any atom is -0.484 e. The zero-order valence-corrected chi connectivity index (χ0v) is 15.6. The molecule has 0 aliphatic heterocycles. The van der Waals surface area contributed by atoms with Crippen molar-refractivity contribution < 1.29 is 9.84 Å². The number of hydrogen-bond acceptors (Lipinski definition) is 4. The van der Waals surface area contributed by atoms with E-state index in [1.54, 1.807) is 18.2 Å². The quantitative estimate of drug-likeness (QED) is 0.749. The summed E-state index contributed by atoms with van der Waals surface area (Å²) < 4.78 is 6.14. The average Bonchev–Trinajstić information content (AvgIpc) is 2.60. The Balaban J connectivity index is 0.00000312. The van der Waals surface area contributed by atoms with Gasteiger partial charge in [0.2, 0.25) is 0 Å². The number of halogens is 2. The Kier molecular flexibility index (Phi) is 9.33. The van der Waals surface area contributed by atoms with Crippen LogP contribution in [-0.2, 0) is 0 Å². The third-order valence-corrected chi connectivity index (χ3v) is 3.99. The number of nitriles is 1. The van der Waals surface area contributed by atoms with Crippen molar-refractivity contribution in [3.05, 3.63) is 64.7 Å². The fraction of sp³-hybridized carbons (Fsp3) is 0.316.